The smallest absolute Gasteiger partial charge is 0.290 e. The molecule has 0 aliphatic carbocycles. The molecule has 0 fully saturated rings. The second-order valence-corrected chi connectivity index (χ2v) is 8.26. The summed E-state index contributed by atoms with van der Waals surface area (Å²) < 4.78 is 10.9. The van der Waals surface area contributed by atoms with Crippen LogP contribution in [-0.4, -0.2) is 53.5 Å². The number of ketones is 1. The van der Waals surface area contributed by atoms with Crippen LogP contribution in [-0.2, 0) is 9.53 Å². The SMILES string of the molecule is CCCOc1cccc(C2C(C(=O)c3sc(C)nc3C)=C(O)C(=O)N2CCOC)c1. The van der Waals surface area contributed by atoms with Gasteiger partial charge in [-0.2, -0.15) is 0 Å². The summed E-state index contributed by atoms with van der Waals surface area (Å²) in [5, 5.41) is 11.4. The molecular weight excluding hydrogens is 404 g/mol. The van der Waals surface area contributed by atoms with Crippen LogP contribution >= 0.6 is 11.3 Å². The Hall–Kier alpha value is -2.71. The van der Waals surface area contributed by atoms with Gasteiger partial charge in [0.1, 0.15) is 5.75 Å². The van der Waals surface area contributed by atoms with Crippen molar-refractivity contribution in [1.82, 2.24) is 9.88 Å². The zero-order valence-corrected chi connectivity index (χ0v) is 18.4. The van der Waals surface area contributed by atoms with E-state index in [-0.39, 0.29) is 24.5 Å². The molecule has 160 valence electrons. The van der Waals surface area contributed by atoms with Gasteiger partial charge in [0.2, 0.25) is 5.78 Å². The first-order chi connectivity index (χ1) is 14.4. The van der Waals surface area contributed by atoms with E-state index < -0.39 is 17.7 Å². The van der Waals surface area contributed by atoms with Crippen molar-refractivity contribution >= 4 is 23.0 Å². The van der Waals surface area contributed by atoms with Crippen LogP contribution in [0.15, 0.2) is 35.6 Å². The number of hydrogen-bond acceptors (Lipinski definition) is 7. The fourth-order valence-electron chi connectivity index (χ4n) is 3.51. The maximum atomic E-state index is 13.4. The first-order valence-electron chi connectivity index (χ1n) is 9.83. The quantitative estimate of drug-likeness (QED) is 0.609. The van der Waals surface area contributed by atoms with Crippen molar-refractivity contribution in [1.29, 1.82) is 0 Å². The number of amides is 1. The van der Waals surface area contributed by atoms with E-state index in [9.17, 15) is 14.7 Å². The molecule has 2 aromatic rings. The molecule has 0 radical (unpaired) electrons. The van der Waals surface area contributed by atoms with Crippen LogP contribution < -0.4 is 4.74 Å². The molecule has 0 bridgehead atoms. The number of ether oxygens (including phenoxy) is 2. The van der Waals surface area contributed by atoms with Gasteiger partial charge in [-0.15, -0.1) is 11.3 Å². The Morgan fingerprint density at radius 2 is 2.07 bits per heavy atom. The van der Waals surface area contributed by atoms with Crippen molar-refractivity contribution in [3.8, 4) is 5.75 Å². The summed E-state index contributed by atoms with van der Waals surface area (Å²) in [5.41, 5.74) is 1.35. The second kappa shape index (κ2) is 9.40. The lowest BCUT2D eigenvalue weighted by molar-refractivity contribution is -0.130. The average molecular weight is 431 g/mol. The van der Waals surface area contributed by atoms with Crippen LogP contribution in [0.4, 0.5) is 0 Å². The van der Waals surface area contributed by atoms with Crippen molar-refractivity contribution in [2.45, 2.75) is 33.2 Å². The molecule has 1 aromatic heterocycles. The Morgan fingerprint density at radius 1 is 1.30 bits per heavy atom. The van der Waals surface area contributed by atoms with Crippen LogP contribution in [0.2, 0.25) is 0 Å². The average Bonchev–Trinajstić information content (AvgIpc) is 3.20. The lowest BCUT2D eigenvalue weighted by atomic mass is 9.95. The lowest BCUT2D eigenvalue weighted by Crippen LogP contribution is -2.34. The van der Waals surface area contributed by atoms with Crippen molar-refractivity contribution in [2.75, 3.05) is 26.9 Å². The standard InChI is InChI=1S/C22H26N2O5S/c1-5-10-29-16-8-6-7-15(12-16)18-17(19(25)21-13(2)23-14(3)30-21)20(26)22(27)24(18)9-11-28-4/h6-8,12,18,26H,5,9-11H2,1-4H3. The normalized spacial score (nSPS) is 16.5. The van der Waals surface area contributed by atoms with E-state index in [2.05, 4.69) is 4.98 Å². The summed E-state index contributed by atoms with van der Waals surface area (Å²) in [5.74, 6) is -0.837. The number of rotatable bonds is 9. The predicted molar refractivity (Wildman–Crippen MR) is 114 cm³/mol. The number of thiazole rings is 1. The first kappa shape index (κ1) is 22.0. The highest BCUT2D eigenvalue weighted by Gasteiger charge is 2.44. The molecule has 2 heterocycles. The summed E-state index contributed by atoms with van der Waals surface area (Å²) in [6.45, 7) is 6.67. The number of carbonyl (C=O) groups is 2. The molecule has 0 spiro atoms. The molecule has 1 aromatic carbocycles. The number of aryl methyl sites for hydroxylation is 2. The number of aliphatic hydroxyl groups is 1. The predicted octanol–water partition coefficient (Wildman–Crippen LogP) is 3.77. The molecule has 7 nitrogen and oxygen atoms in total. The van der Waals surface area contributed by atoms with Crippen LogP contribution in [0, 0.1) is 13.8 Å². The van der Waals surface area contributed by atoms with E-state index in [0.717, 1.165) is 11.4 Å². The van der Waals surface area contributed by atoms with Crippen molar-refractivity contribution < 1.29 is 24.2 Å². The zero-order chi connectivity index (χ0) is 21.8. The highest BCUT2D eigenvalue weighted by atomic mass is 32.1. The van der Waals surface area contributed by atoms with Gasteiger partial charge in [-0.25, -0.2) is 4.98 Å². The highest BCUT2D eigenvalue weighted by molar-refractivity contribution is 7.14. The number of Topliss-reactive ketones (excluding diaryl/α,β-unsaturated/α-hetero) is 1. The molecular formula is C22H26N2O5S. The van der Waals surface area contributed by atoms with E-state index >= 15 is 0 Å². The van der Waals surface area contributed by atoms with Gasteiger partial charge < -0.3 is 19.5 Å². The molecule has 1 aliphatic heterocycles. The third kappa shape index (κ3) is 4.24. The molecule has 3 rings (SSSR count). The fraction of sp³-hybridized carbons (Fsp3) is 0.409. The van der Waals surface area contributed by atoms with Crippen molar-refractivity contribution in [3.63, 3.8) is 0 Å². The maximum absolute atomic E-state index is 13.4. The minimum atomic E-state index is -0.730. The number of hydrogen-bond donors (Lipinski definition) is 1. The molecule has 1 unspecified atom stereocenters. The van der Waals surface area contributed by atoms with Gasteiger partial charge in [0.05, 0.1) is 40.4 Å². The van der Waals surface area contributed by atoms with E-state index in [1.165, 1.54) is 23.3 Å². The molecule has 1 amide bonds. The van der Waals surface area contributed by atoms with Crippen LogP contribution in [0.1, 0.15) is 45.3 Å². The minimum Gasteiger partial charge on any atom is -0.503 e. The van der Waals surface area contributed by atoms with Crippen molar-refractivity contribution in [3.05, 3.63) is 56.7 Å². The van der Waals surface area contributed by atoms with Crippen LogP contribution in [0.5, 0.6) is 5.75 Å². The van der Waals surface area contributed by atoms with Gasteiger partial charge in [0.15, 0.2) is 5.76 Å². The minimum absolute atomic E-state index is 0.0653. The molecule has 8 heteroatoms. The van der Waals surface area contributed by atoms with Crippen LogP contribution in [0.25, 0.3) is 0 Å². The number of carbonyl (C=O) groups excluding carboxylic acids is 2. The summed E-state index contributed by atoms with van der Waals surface area (Å²) in [6, 6.07) is 6.56. The number of aliphatic hydroxyl groups excluding tert-OH is 1. The largest absolute Gasteiger partial charge is 0.503 e. The van der Waals surface area contributed by atoms with E-state index in [0.29, 0.717) is 28.5 Å². The number of aromatic nitrogens is 1. The van der Waals surface area contributed by atoms with E-state index in [4.69, 9.17) is 9.47 Å². The lowest BCUT2D eigenvalue weighted by Gasteiger charge is -2.26. The summed E-state index contributed by atoms with van der Waals surface area (Å²) in [6.07, 6.45) is 0.862. The number of benzene rings is 1. The Morgan fingerprint density at radius 3 is 2.70 bits per heavy atom. The summed E-state index contributed by atoms with van der Waals surface area (Å²) in [7, 11) is 1.54. The molecule has 0 saturated carbocycles. The molecule has 1 aliphatic rings. The van der Waals surface area contributed by atoms with Gasteiger partial charge in [0.25, 0.3) is 5.91 Å². The Kier molecular flexibility index (Phi) is 6.89. The third-order valence-corrected chi connectivity index (χ3v) is 5.91. The maximum Gasteiger partial charge on any atom is 0.290 e. The molecule has 30 heavy (non-hydrogen) atoms. The van der Waals surface area contributed by atoms with Gasteiger partial charge in [-0.3, -0.25) is 9.59 Å². The summed E-state index contributed by atoms with van der Waals surface area (Å²) in [4.78, 5) is 32.5. The highest BCUT2D eigenvalue weighted by Crippen LogP contribution is 2.40. The number of methoxy groups -OCH3 is 1. The third-order valence-electron chi connectivity index (χ3n) is 4.84. The Balaban J connectivity index is 2.07. The zero-order valence-electron chi connectivity index (χ0n) is 17.6. The Labute approximate surface area is 180 Å². The molecule has 1 atom stereocenters. The van der Waals surface area contributed by atoms with Gasteiger partial charge in [-0.1, -0.05) is 19.1 Å². The second-order valence-electron chi connectivity index (χ2n) is 7.05. The first-order valence-corrected chi connectivity index (χ1v) is 10.6. The van der Waals surface area contributed by atoms with Crippen molar-refractivity contribution in [2.24, 2.45) is 0 Å². The summed E-state index contributed by atoms with van der Waals surface area (Å²) >= 11 is 1.26. The Bertz CT molecular complexity index is 982. The van der Waals surface area contributed by atoms with Gasteiger partial charge >= 0.3 is 0 Å². The van der Waals surface area contributed by atoms with E-state index in [1.807, 2.05) is 38.1 Å². The van der Waals surface area contributed by atoms with Gasteiger partial charge in [-0.05, 0) is 38.0 Å². The fourth-order valence-corrected chi connectivity index (χ4v) is 4.39. The van der Waals surface area contributed by atoms with E-state index in [1.54, 1.807) is 6.92 Å². The topological polar surface area (TPSA) is 89.0 Å². The number of nitrogens with zero attached hydrogens (tertiary/aromatic N) is 2. The monoisotopic (exact) mass is 430 g/mol. The van der Waals surface area contributed by atoms with Crippen LogP contribution in [0.3, 0.4) is 0 Å². The van der Waals surface area contributed by atoms with Gasteiger partial charge in [0, 0.05) is 13.7 Å². The molecule has 0 saturated heterocycles. The molecule has 1 N–H and O–H groups in total.